The number of rotatable bonds is 2. The van der Waals surface area contributed by atoms with E-state index in [0.29, 0.717) is 11.1 Å². The van der Waals surface area contributed by atoms with Crippen molar-refractivity contribution in [1.29, 1.82) is 0 Å². The zero-order valence-corrected chi connectivity index (χ0v) is 9.84. The van der Waals surface area contributed by atoms with Gasteiger partial charge >= 0.3 is 0 Å². The number of hydrogen-bond acceptors (Lipinski definition) is 3. The Labute approximate surface area is 107 Å². The molecule has 5 heteroatoms. The smallest absolute Gasteiger partial charge is 0.291 e. The van der Waals surface area contributed by atoms with Gasteiger partial charge in [-0.15, -0.1) is 0 Å². The lowest BCUT2D eigenvalue weighted by atomic mass is 10.1. The topological polar surface area (TPSA) is 75.1 Å². The van der Waals surface area contributed by atoms with Crippen LogP contribution in [0.4, 0.5) is 5.69 Å². The standard InChI is InChI=1S/C14H10N2O3/c17-13-11-4-3-10(8-9(11)5-6-15-13)16-14(18)12-2-1-7-19-12/h1-8H,(H,15,17)(H,16,18). The van der Waals surface area contributed by atoms with Crippen LogP contribution in [0, 0.1) is 0 Å². The molecule has 19 heavy (non-hydrogen) atoms. The number of carbonyl (C=O) groups is 1. The number of amides is 1. The fraction of sp³-hybridized carbons (Fsp3) is 0. The summed E-state index contributed by atoms with van der Waals surface area (Å²) in [5.74, 6) is -0.0832. The number of furan rings is 1. The highest BCUT2D eigenvalue weighted by Crippen LogP contribution is 2.16. The van der Waals surface area contributed by atoms with Gasteiger partial charge in [-0.3, -0.25) is 9.59 Å². The van der Waals surface area contributed by atoms with Crippen LogP contribution < -0.4 is 10.9 Å². The fourth-order valence-corrected chi connectivity index (χ4v) is 1.87. The molecule has 0 radical (unpaired) electrons. The van der Waals surface area contributed by atoms with Gasteiger partial charge in [-0.2, -0.15) is 0 Å². The summed E-state index contributed by atoms with van der Waals surface area (Å²) in [6.45, 7) is 0. The third-order valence-corrected chi connectivity index (χ3v) is 2.78. The zero-order valence-electron chi connectivity index (χ0n) is 9.84. The molecular weight excluding hydrogens is 244 g/mol. The summed E-state index contributed by atoms with van der Waals surface area (Å²) in [7, 11) is 0. The molecule has 0 aliphatic heterocycles. The van der Waals surface area contributed by atoms with Crippen molar-refractivity contribution in [2.45, 2.75) is 0 Å². The first-order valence-electron chi connectivity index (χ1n) is 5.70. The number of fused-ring (bicyclic) bond motifs is 1. The highest BCUT2D eigenvalue weighted by atomic mass is 16.3. The lowest BCUT2D eigenvalue weighted by Gasteiger charge is -2.04. The van der Waals surface area contributed by atoms with Gasteiger partial charge in [0.1, 0.15) is 0 Å². The van der Waals surface area contributed by atoms with Gasteiger partial charge in [-0.05, 0) is 41.8 Å². The Morgan fingerprint density at radius 2 is 2.11 bits per heavy atom. The number of benzene rings is 1. The normalized spacial score (nSPS) is 10.5. The first-order valence-corrected chi connectivity index (χ1v) is 5.70. The molecule has 0 aliphatic rings. The summed E-state index contributed by atoms with van der Waals surface area (Å²) in [5, 5.41) is 4.06. The monoisotopic (exact) mass is 254 g/mol. The predicted octanol–water partition coefficient (Wildman–Crippen LogP) is 2.37. The lowest BCUT2D eigenvalue weighted by molar-refractivity contribution is 0.0996. The molecule has 0 fully saturated rings. The maximum Gasteiger partial charge on any atom is 0.291 e. The number of nitrogens with one attached hydrogen (secondary N) is 2. The van der Waals surface area contributed by atoms with E-state index < -0.39 is 0 Å². The van der Waals surface area contributed by atoms with Crippen LogP contribution in [0.3, 0.4) is 0 Å². The minimum Gasteiger partial charge on any atom is -0.459 e. The summed E-state index contributed by atoms with van der Waals surface area (Å²) in [5.41, 5.74) is 0.459. The van der Waals surface area contributed by atoms with Crippen LogP contribution in [-0.4, -0.2) is 10.9 Å². The van der Waals surface area contributed by atoms with Gasteiger partial charge in [0.05, 0.1) is 6.26 Å². The van der Waals surface area contributed by atoms with Gasteiger partial charge in [-0.25, -0.2) is 0 Å². The maximum absolute atomic E-state index is 11.8. The minimum absolute atomic E-state index is 0.151. The van der Waals surface area contributed by atoms with Crippen LogP contribution in [0.25, 0.3) is 10.8 Å². The number of aromatic amines is 1. The van der Waals surface area contributed by atoms with E-state index in [0.717, 1.165) is 5.39 Å². The highest BCUT2D eigenvalue weighted by molar-refractivity contribution is 6.03. The van der Waals surface area contributed by atoms with E-state index in [1.165, 1.54) is 6.26 Å². The molecule has 2 aromatic heterocycles. The van der Waals surface area contributed by atoms with Crippen LogP contribution in [-0.2, 0) is 0 Å². The van der Waals surface area contributed by atoms with Gasteiger partial charge in [0.15, 0.2) is 5.76 Å². The van der Waals surface area contributed by atoms with Gasteiger partial charge in [0.25, 0.3) is 11.5 Å². The Morgan fingerprint density at radius 1 is 1.21 bits per heavy atom. The molecule has 3 aromatic rings. The summed E-state index contributed by atoms with van der Waals surface area (Å²) >= 11 is 0. The van der Waals surface area contributed by atoms with E-state index in [1.54, 1.807) is 42.6 Å². The van der Waals surface area contributed by atoms with Crippen LogP contribution in [0.15, 0.2) is 58.1 Å². The van der Waals surface area contributed by atoms with E-state index in [-0.39, 0.29) is 17.2 Å². The van der Waals surface area contributed by atoms with Crippen molar-refractivity contribution in [3.05, 3.63) is 65.0 Å². The predicted molar refractivity (Wildman–Crippen MR) is 71.2 cm³/mol. The van der Waals surface area contributed by atoms with Crippen molar-refractivity contribution in [3.8, 4) is 0 Å². The molecule has 0 saturated carbocycles. The first-order chi connectivity index (χ1) is 9.24. The molecule has 0 atom stereocenters. The Balaban J connectivity index is 1.94. The Hall–Kier alpha value is -2.82. The molecule has 0 spiro atoms. The molecular formula is C14H10N2O3. The number of pyridine rings is 1. The minimum atomic E-state index is -0.325. The molecule has 94 valence electrons. The van der Waals surface area contributed by atoms with Crippen molar-refractivity contribution in [2.75, 3.05) is 5.32 Å². The fourth-order valence-electron chi connectivity index (χ4n) is 1.87. The Morgan fingerprint density at radius 3 is 2.89 bits per heavy atom. The second kappa shape index (κ2) is 4.45. The van der Waals surface area contributed by atoms with Gasteiger partial charge in [-0.1, -0.05) is 0 Å². The molecule has 1 aromatic carbocycles. The van der Waals surface area contributed by atoms with Crippen molar-refractivity contribution in [1.82, 2.24) is 4.98 Å². The van der Waals surface area contributed by atoms with E-state index in [2.05, 4.69) is 10.3 Å². The molecule has 0 unspecified atom stereocenters. The number of H-pyrrole nitrogens is 1. The molecule has 1 amide bonds. The van der Waals surface area contributed by atoms with Crippen LogP contribution >= 0.6 is 0 Å². The third-order valence-electron chi connectivity index (χ3n) is 2.78. The highest BCUT2D eigenvalue weighted by Gasteiger charge is 2.09. The van der Waals surface area contributed by atoms with Crippen LogP contribution in [0.5, 0.6) is 0 Å². The summed E-state index contributed by atoms with van der Waals surface area (Å²) < 4.78 is 5.01. The summed E-state index contributed by atoms with van der Waals surface area (Å²) in [6.07, 6.45) is 3.01. The average molecular weight is 254 g/mol. The second-order valence-corrected chi connectivity index (χ2v) is 4.04. The molecule has 0 saturated heterocycles. The summed E-state index contributed by atoms with van der Waals surface area (Å²) in [6, 6.07) is 10.1. The van der Waals surface area contributed by atoms with Crippen molar-refractivity contribution in [3.63, 3.8) is 0 Å². The maximum atomic E-state index is 11.8. The van der Waals surface area contributed by atoms with Gasteiger partial charge < -0.3 is 14.7 Å². The third kappa shape index (κ3) is 2.13. The Bertz CT molecular complexity index is 788. The van der Waals surface area contributed by atoms with Crippen molar-refractivity contribution < 1.29 is 9.21 Å². The molecule has 2 heterocycles. The lowest BCUT2D eigenvalue weighted by Crippen LogP contribution is -2.11. The number of carbonyl (C=O) groups excluding carboxylic acids is 1. The number of aromatic nitrogens is 1. The van der Waals surface area contributed by atoms with Gasteiger partial charge in [0.2, 0.25) is 0 Å². The molecule has 2 N–H and O–H groups in total. The Kier molecular flexibility index (Phi) is 2.64. The van der Waals surface area contributed by atoms with Gasteiger partial charge in [0, 0.05) is 17.3 Å². The zero-order chi connectivity index (χ0) is 13.2. The van der Waals surface area contributed by atoms with E-state index in [1.807, 2.05) is 0 Å². The van der Waals surface area contributed by atoms with E-state index in [9.17, 15) is 9.59 Å². The van der Waals surface area contributed by atoms with E-state index >= 15 is 0 Å². The SMILES string of the molecule is O=C(Nc1ccc2c(=O)[nH]ccc2c1)c1ccco1. The van der Waals surface area contributed by atoms with Crippen LogP contribution in [0.1, 0.15) is 10.6 Å². The molecule has 3 rings (SSSR count). The molecule has 0 bridgehead atoms. The summed E-state index contributed by atoms with van der Waals surface area (Å²) in [4.78, 5) is 25.9. The van der Waals surface area contributed by atoms with Crippen molar-refractivity contribution in [2.24, 2.45) is 0 Å². The van der Waals surface area contributed by atoms with Crippen molar-refractivity contribution >= 4 is 22.4 Å². The first kappa shape index (κ1) is 11.3. The largest absolute Gasteiger partial charge is 0.459 e. The second-order valence-electron chi connectivity index (χ2n) is 4.04. The number of anilines is 1. The molecule has 0 aliphatic carbocycles. The quantitative estimate of drug-likeness (QED) is 0.737. The van der Waals surface area contributed by atoms with Crippen LogP contribution in [0.2, 0.25) is 0 Å². The molecule has 5 nitrogen and oxygen atoms in total. The van der Waals surface area contributed by atoms with E-state index in [4.69, 9.17) is 4.42 Å². The average Bonchev–Trinajstić information content (AvgIpc) is 2.93. The number of hydrogen-bond donors (Lipinski definition) is 2.